The van der Waals surface area contributed by atoms with Crippen molar-refractivity contribution in [1.82, 2.24) is 9.55 Å². The van der Waals surface area contributed by atoms with Crippen LogP contribution in [0.2, 0.25) is 0 Å². The van der Waals surface area contributed by atoms with Gasteiger partial charge < -0.3 is 14.4 Å². The number of aliphatic hydroxyl groups is 1. The van der Waals surface area contributed by atoms with E-state index in [0.29, 0.717) is 13.0 Å². The molecule has 0 aliphatic heterocycles. The third kappa shape index (κ3) is 4.25. The third-order valence-electron chi connectivity index (χ3n) is 4.31. The molecule has 2 aromatic carbocycles. The zero-order chi connectivity index (χ0) is 17.6. The second-order valence-corrected chi connectivity index (χ2v) is 6.13. The van der Waals surface area contributed by atoms with Gasteiger partial charge in [-0.1, -0.05) is 42.5 Å². The number of rotatable bonds is 7. The minimum atomic E-state index is -0.477. The number of imidazole rings is 1. The quantitative estimate of drug-likeness (QED) is 0.672. The number of esters is 1. The van der Waals surface area contributed by atoms with Gasteiger partial charge in [-0.05, 0) is 35.6 Å². The standard InChI is InChI=1S/C20H22N2O3/c1-25-20(24)19-13-22(14-21-19)12-17(23)10-5-9-16-8-4-7-15-6-2-3-11-18(15)16/h2-4,6-8,11,13-14,17,23H,5,9-10,12H2,1H3/t17-/m0/s1. The normalized spacial score (nSPS) is 12.2. The second kappa shape index (κ2) is 7.94. The summed E-state index contributed by atoms with van der Waals surface area (Å²) in [4.78, 5) is 15.4. The van der Waals surface area contributed by atoms with Crippen LogP contribution in [0.3, 0.4) is 0 Å². The fourth-order valence-corrected chi connectivity index (χ4v) is 3.04. The highest BCUT2D eigenvalue weighted by Crippen LogP contribution is 2.20. The lowest BCUT2D eigenvalue weighted by Crippen LogP contribution is -2.15. The van der Waals surface area contributed by atoms with E-state index in [1.165, 1.54) is 23.4 Å². The second-order valence-electron chi connectivity index (χ2n) is 6.13. The summed E-state index contributed by atoms with van der Waals surface area (Å²) in [6.45, 7) is 0.416. The lowest BCUT2D eigenvalue weighted by molar-refractivity contribution is 0.0594. The maximum Gasteiger partial charge on any atom is 0.358 e. The molecule has 0 saturated carbocycles. The average Bonchev–Trinajstić information content (AvgIpc) is 3.09. The molecule has 0 amide bonds. The first kappa shape index (κ1) is 17.2. The van der Waals surface area contributed by atoms with Crippen molar-refractivity contribution in [2.24, 2.45) is 0 Å². The molecule has 5 nitrogen and oxygen atoms in total. The van der Waals surface area contributed by atoms with E-state index in [2.05, 4.69) is 46.1 Å². The van der Waals surface area contributed by atoms with Crippen LogP contribution in [0.25, 0.3) is 10.8 Å². The Morgan fingerprint density at radius 2 is 2.04 bits per heavy atom. The molecule has 0 fully saturated rings. The number of aryl methyl sites for hydroxylation is 1. The molecule has 1 heterocycles. The lowest BCUT2D eigenvalue weighted by atomic mass is 9.99. The van der Waals surface area contributed by atoms with Gasteiger partial charge in [0, 0.05) is 12.7 Å². The number of benzene rings is 2. The number of aromatic nitrogens is 2. The van der Waals surface area contributed by atoms with Gasteiger partial charge in [0.1, 0.15) is 0 Å². The summed E-state index contributed by atoms with van der Waals surface area (Å²) in [5.41, 5.74) is 1.56. The summed E-state index contributed by atoms with van der Waals surface area (Å²) in [6.07, 6.45) is 5.17. The van der Waals surface area contributed by atoms with E-state index < -0.39 is 12.1 Å². The van der Waals surface area contributed by atoms with Gasteiger partial charge >= 0.3 is 5.97 Å². The summed E-state index contributed by atoms with van der Waals surface area (Å²) in [7, 11) is 1.32. The van der Waals surface area contributed by atoms with Gasteiger partial charge in [-0.2, -0.15) is 0 Å². The summed E-state index contributed by atoms with van der Waals surface area (Å²) in [5.74, 6) is -0.468. The summed E-state index contributed by atoms with van der Waals surface area (Å²) >= 11 is 0. The van der Waals surface area contributed by atoms with Crippen LogP contribution < -0.4 is 0 Å². The van der Waals surface area contributed by atoms with Crippen molar-refractivity contribution < 1.29 is 14.6 Å². The number of carbonyl (C=O) groups is 1. The number of methoxy groups -OCH3 is 1. The molecule has 1 N–H and O–H groups in total. The SMILES string of the molecule is COC(=O)c1cn(C[C@@H](O)CCCc2cccc3ccccc23)cn1. The predicted octanol–water partition coefficient (Wildman–Crippen LogP) is 3.21. The monoisotopic (exact) mass is 338 g/mol. The first-order valence-electron chi connectivity index (χ1n) is 8.42. The maximum absolute atomic E-state index is 11.4. The van der Waals surface area contributed by atoms with Crippen LogP contribution in [0.4, 0.5) is 0 Å². The van der Waals surface area contributed by atoms with Crippen LogP contribution >= 0.6 is 0 Å². The molecule has 0 radical (unpaired) electrons. The Bertz CT molecular complexity index is 852. The molecular formula is C20H22N2O3. The van der Waals surface area contributed by atoms with E-state index in [9.17, 15) is 9.90 Å². The lowest BCUT2D eigenvalue weighted by Gasteiger charge is -2.12. The first-order valence-corrected chi connectivity index (χ1v) is 8.42. The van der Waals surface area contributed by atoms with Crippen LogP contribution in [0.1, 0.15) is 28.9 Å². The van der Waals surface area contributed by atoms with E-state index in [4.69, 9.17) is 0 Å². The number of hydrogen-bond acceptors (Lipinski definition) is 4. The van der Waals surface area contributed by atoms with Crippen molar-refractivity contribution in [3.05, 3.63) is 66.2 Å². The van der Waals surface area contributed by atoms with E-state index in [1.807, 2.05) is 6.07 Å². The third-order valence-corrected chi connectivity index (χ3v) is 4.31. The largest absolute Gasteiger partial charge is 0.464 e. The molecule has 0 aliphatic rings. The van der Waals surface area contributed by atoms with E-state index in [1.54, 1.807) is 17.1 Å². The average molecular weight is 338 g/mol. The fraction of sp³-hybridized carbons (Fsp3) is 0.300. The first-order chi connectivity index (χ1) is 12.2. The smallest absolute Gasteiger partial charge is 0.358 e. The van der Waals surface area contributed by atoms with Crippen LogP contribution in [0.15, 0.2) is 55.0 Å². The Hall–Kier alpha value is -2.66. The Morgan fingerprint density at radius 3 is 2.88 bits per heavy atom. The molecule has 130 valence electrons. The van der Waals surface area contributed by atoms with Crippen LogP contribution in [0.5, 0.6) is 0 Å². The minimum Gasteiger partial charge on any atom is -0.464 e. The molecule has 1 atom stereocenters. The van der Waals surface area contributed by atoms with Gasteiger partial charge in [-0.25, -0.2) is 9.78 Å². The molecule has 0 spiro atoms. The highest BCUT2D eigenvalue weighted by Gasteiger charge is 2.11. The Morgan fingerprint density at radius 1 is 1.24 bits per heavy atom. The molecule has 0 saturated heterocycles. The van der Waals surface area contributed by atoms with Gasteiger partial charge in [-0.3, -0.25) is 0 Å². The minimum absolute atomic E-state index is 0.255. The van der Waals surface area contributed by atoms with Crippen molar-refractivity contribution >= 4 is 16.7 Å². The number of nitrogens with zero attached hydrogens (tertiary/aromatic N) is 2. The van der Waals surface area contributed by atoms with Crippen molar-refractivity contribution in [3.63, 3.8) is 0 Å². The highest BCUT2D eigenvalue weighted by molar-refractivity contribution is 5.86. The van der Waals surface area contributed by atoms with Crippen molar-refractivity contribution in [2.75, 3.05) is 7.11 Å². The van der Waals surface area contributed by atoms with Gasteiger partial charge in [-0.15, -0.1) is 0 Å². The number of aliphatic hydroxyl groups excluding tert-OH is 1. The van der Waals surface area contributed by atoms with Crippen molar-refractivity contribution in [2.45, 2.75) is 31.9 Å². The molecule has 1 aromatic heterocycles. The summed E-state index contributed by atoms with van der Waals surface area (Å²) in [5, 5.41) is 12.8. The fourth-order valence-electron chi connectivity index (χ4n) is 3.04. The summed E-state index contributed by atoms with van der Waals surface area (Å²) in [6, 6.07) is 14.7. The number of carbonyl (C=O) groups excluding carboxylic acids is 1. The van der Waals surface area contributed by atoms with E-state index in [0.717, 1.165) is 12.8 Å². The number of ether oxygens (including phenoxy) is 1. The van der Waals surface area contributed by atoms with Gasteiger partial charge in [0.2, 0.25) is 0 Å². The molecule has 3 aromatic rings. The van der Waals surface area contributed by atoms with E-state index >= 15 is 0 Å². The number of hydrogen-bond donors (Lipinski definition) is 1. The summed E-state index contributed by atoms with van der Waals surface area (Å²) < 4.78 is 6.34. The Labute approximate surface area is 146 Å². The Balaban J connectivity index is 1.53. The van der Waals surface area contributed by atoms with Gasteiger partial charge in [0.15, 0.2) is 5.69 Å². The molecule has 0 unspecified atom stereocenters. The maximum atomic E-state index is 11.4. The van der Waals surface area contributed by atoms with Crippen LogP contribution in [0, 0.1) is 0 Å². The van der Waals surface area contributed by atoms with Crippen molar-refractivity contribution in [1.29, 1.82) is 0 Å². The van der Waals surface area contributed by atoms with Crippen LogP contribution in [-0.2, 0) is 17.7 Å². The molecule has 0 bridgehead atoms. The molecular weight excluding hydrogens is 316 g/mol. The molecule has 25 heavy (non-hydrogen) atoms. The highest BCUT2D eigenvalue weighted by atomic mass is 16.5. The number of fused-ring (bicyclic) bond motifs is 1. The zero-order valence-electron chi connectivity index (χ0n) is 14.3. The van der Waals surface area contributed by atoms with Crippen LogP contribution in [-0.4, -0.2) is 33.8 Å². The topological polar surface area (TPSA) is 64.3 Å². The van der Waals surface area contributed by atoms with Gasteiger partial charge in [0.05, 0.1) is 19.5 Å². The van der Waals surface area contributed by atoms with Gasteiger partial charge in [0.25, 0.3) is 0 Å². The van der Waals surface area contributed by atoms with Crippen molar-refractivity contribution in [3.8, 4) is 0 Å². The molecule has 5 heteroatoms. The Kier molecular flexibility index (Phi) is 5.46. The zero-order valence-corrected chi connectivity index (χ0v) is 14.3. The predicted molar refractivity (Wildman–Crippen MR) is 96.5 cm³/mol. The van der Waals surface area contributed by atoms with E-state index in [-0.39, 0.29) is 5.69 Å². The molecule has 3 rings (SSSR count). The molecule has 0 aliphatic carbocycles.